The summed E-state index contributed by atoms with van der Waals surface area (Å²) in [5, 5.41) is 0. The predicted octanol–water partition coefficient (Wildman–Crippen LogP) is 1.49. The summed E-state index contributed by atoms with van der Waals surface area (Å²) in [6.45, 7) is 4.00. The Labute approximate surface area is 67.7 Å². The molecule has 0 aromatic carbocycles. The van der Waals surface area contributed by atoms with Crippen molar-refractivity contribution in [2.24, 2.45) is 0 Å². The third kappa shape index (κ3) is 9.05. The van der Waals surface area contributed by atoms with E-state index >= 15 is 0 Å². The normalized spacial score (nSPS) is 7.67. The number of hydrogen-bond donors (Lipinski definition) is 0. The van der Waals surface area contributed by atoms with Crippen LogP contribution in [0.1, 0.15) is 13.8 Å². The largest absolute Gasteiger partial charge is 0.107 e. The van der Waals surface area contributed by atoms with Crippen molar-refractivity contribution in [2.45, 2.75) is 20.0 Å². The minimum Gasteiger partial charge on any atom is -0.107 e. The van der Waals surface area contributed by atoms with E-state index in [4.69, 9.17) is 3.32 Å². The Bertz CT molecular complexity index is 24.8. The molecule has 0 amide bonds. The Balaban J connectivity index is 0. The molecule has 0 spiro atoms. The zero-order chi connectivity index (χ0) is 4.28. The van der Waals surface area contributed by atoms with E-state index in [1.165, 1.54) is 0 Å². The zero-order valence-corrected chi connectivity index (χ0v) is 7.79. The van der Waals surface area contributed by atoms with E-state index in [-0.39, 0.29) is 24.0 Å². The molecular formula is C3H8IOTi. The molecule has 3 heteroatoms. The molecule has 0 aliphatic rings. The van der Waals surface area contributed by atoms with E-state index in [9.17, 15) is 0 Å². The topological polar surface area (TPSA) is 9.23 Å². The molecule has 0 saturated carbocycles. The summed E-state index contributed by atoms with van der Waals surface area (Å²) in [6, 6.07) is 0. The predicted molar refractivity (Wildman–Crippen MR) is 31.6 cm³/mol. The van der Waals surface area contributed by atoms with Crippen molar-refractivity contribution in [3.8, 4) is 0 Å². The summed E-state index contributed by atoms with van der Waals surface area (Å²) >= 11 is 1.70. The fourth-order valence-electron chi connectivity index (χ4n) is 0. The van der Waals surface area contributed by atoms with Crippen LogP contribution in [0.2, 0.25) is 0 Å². The van der Waals surface area contributed by atoms with Gasteiger partial charge in [0.05, 0.1) is 0 Å². The SMILES string of the molecule is CC(C)[O][Ti].I. The molecule has 0 atom stereocenters. The fraction of sp³-hybridized carbons (Fsp3) is 1.00. The first-order valence-electron chi connectivity index (χ1n) is 1.59. The summed E-state index contributed by atoms with van der Waals surface area (Å²) in [4.78, 5) is 0. The van der Waals surface area contributed by atoms with Gasteiger partial charge in [0.15, 0.2) is 0 Å². The van der Waals surface area contributed by atoms with Gasteiger partial charge in [0.2, 0.25) is 0 Å². The minimum atomic E-state index is 0. The smallest absolute Gasteiger partial charge is 0.107 e. The van der Waals surface area contributed by atoms with Gasteiger partial charge in [-0.15, -0.1) is 24.0 Å². The maximum atomic E-state index is 4.75. The van der Waals surface area contributed by atoms with Gasteiger partial charge in [-0.05, 0) is 0 Å². The molecule has 0 N–H and O–H groups in total. The van der Waals surface area contributed by atoms with Crippen LogP contribution in [0.4, 0.5) is 0 Å². The van der Waals surface area contributed by atoms with Gasteiger partial charge in [-0.1, -0.05) is 0 Å². The van der Waals surface area contributed by atoms with Gasteiger partial charge in [-0.2, -0.15) is 0 Å². The van der Waals surface area contributed by atoms with Crippen molar-refractivity contribution >= 4 is 24.0 Å². The molecule has 0 saturated heterocycles. The molecule has 0 aromatic rings. The van der Waals surface area contributed by atoms with Crippen LogP contribution < -0.4 is 0 Å². The maximum absolute atomic E-state index is 4.75. The van der Waals surface area contributed by atoms with E-state index in [1.807, 2.05) is 13.8 Å². The number of rotatable bonds is 1. The Morgan fingerprint density at radius 1 is 1.50 bits per heavy atom. The van der Waals surface area contributed by atoms with Gasteiger partial charge in [0, 0.05) is 0 Å². The molecule has 0 bridgehead atoms. The number of halogens is 1. The molecule has 6 heavy (non-hydrogen) atoms. The van der Waals surface area contributed by atoms with Crippen LogP contribution in [0.5, 0.6) is 0 Å². The van der Waals surface area contributed by atoms with E-state index in [0.717, 1.165) is 0 Å². The first-order valence-corrected chi connectivity index (χ1v) is 2.23. The first kappa shape index (κ1) is 10.4. The van der Waals surface area contributed by atoms with Crippen LogP contribution in [0.25, 0.3) is 0 Å². The molecule has 1 nitrogen and oxygen atoms in total. The molecule has 0 rings (SSSR count). The van der Waals surface area contributed by atoms with Gasteiger partial charge < -0.3 is 0 Å². The van der Waals surface area contributed by atoms with Crippen molar-refractivity contribution in [1.29, 1.82) is 0 Å². The van der Waals surface area contributed by atoms with Gasteiger partial charge >= 0.3 is 44.1 Å². The number of hydrogen-bond acceptors (Lipinski definition) is 1. The van der Waals surface area contributed by atoms with Crippen molar-refractivity contribution < 1.29 is 24.1 Å². The molecule has 0 unspecified atom stereocenters. The van der Waals surface area contributed by atoms with Gasteiger partial charge in [0.1, 0.15) is 0 Å². The molecule has 37 valence electrons. The van der Waals surface area contributed by atoms with E-state index in [0.29, 0.717) is 6.10 Å². The van der Waals surface area contributed by atoms with Gasteiger partial charge in [-0.3, -0.25) is 0 Å². The Morgan fingerprint density at radius 2 is 1.67 bits per heavy atom. The maximum Gasteiger partial charge on any atom is -0.107 e. The monoisotopic (exact) mass is 235 g/mol. The first-order chi connectivity index (χ1) is 2.27. The van der Waals surface area contributed by atoms with Crippen LogP contribution in [-0.4, -0.2) is 6.10 Å². The summed E-state index contributed by atoms with van der Waals surface area (Å²) in [6.07, 6.45) is 0.384. The Morgan fingerprint density at radius 3 is 1.67 bits per heavy atom. The Hall–Kier alpha value is 1.40. The molecular weight excluding hydrogens is 227 g/mol. The summed E-state index contributed by atoms with van der Waals surface area (Å²) < 4.78 is 4.75. The molecule has 0 aliphatic carbocycles. The molecule has 0 aliphatic heterocycles. The zero-order valence-electron chi connectivity index (χ0n) is 3.89. The van der Waals surface area contributed by atoms with E-state index in [1.54, 1.807) is 20.8 Å². The minimum absolute atomic E-state index is 0. The molecule has 0 fully saturated rings. The Kier molecular flexibility index (Phi) is 11.1. The summed E-state index contributed by atoms with van der Waals surface area (Å²) in [5.41, 5.74) is 0. The third-order valence-electron chi connectivity index (χ3n) is 0.236. The average molecular weight is 235 g/mol. The van der Waals surface area contributed by atoms with E-state index in [2.05, 4.69) is 0 Å². The van der Waals surface area contributed by atoms with Crippen molar-refractivity contribution in [3.05, 3.63) is 0 Å². The van der Waals surface area contributed by atoms with Crippen molar-refractivity contribution in [2.75, 3.05) is 0 Å². The summed E-state index contributed by atoms with van der Waals surface area (Å²) in [5.74, 6) is 0. The quantitative estimate of drug-likeness (QED) is 0.494. The molecule has 0 radical (unpaired) electrons. The van der Waals surface area contributed by atoms with Crippen molar-refractivity contribution in [1.82, 2.24) is 0 Å². The van der Waals surface area contributed by atoms with Crippen LogP contribution in [0, 0.1) is 0 Å². The van der Waals surface area contributed by atoms with Crippen LogP contribution in [0.3, 0.4) is 0 Å². The fourth-order valence-corrected chi connectivity index (χ4v) is 0. The van der Waals surface area contributed by atoms with E-state index < -0.39 is 0 Å². The second-order valence-corrected chi connectivity index (χ2v) is 1.53. The standard InChI is InChI=1S/C3H7O.HI.Ti/c1-3(2)4;;/h3H,1-2H3;1H;/q-1;;+1. The molecule has 0 heterocycles. The van der Waals surface area contributed by atoms with Gasteiger partial charge in [0.25, 0.3) is 0 Å². The van der Waals surface area contributed by atoms with Crippen molar-refractivity contribution in [3.63, 3.8) is 0 Å². The summed E-state index contributed by atoms with van der Waals surface area (Å²) in [7, 11) is 0. The second kappa shape index (κ2) is 6.40. The average Bonchev–Trinajstić information content (AvgIpc) is 1.38. The van der Waals surface area contributed by atoms with Crippen LogP contribution in [-0.2, 0) is 24.1 Å². The van der Waals surface area contributed by atoms with Crippen LogP contribution in [0.15, 0.2) is 0 Å². The third-order valence-corrected chi connectivity index (χ3v) is 0.972. The van der Waals surface area contributed by atoms with Crippen LogP contribution >= 0.6 is 24.0 Å². The van der Waals surface area contributed by atoms with Gasteiger partial charge in [-0.25, -0.2) is 0 Å². The molecule has 0 aromatic heterocycles. The second-order valence-electron chi connectivity index (χ2n) is 1.17.